The summed E-state index contributed by atoms with van der Waals surface area (Å²) in [7, 11) is 0. The number of aromatic hydroxyl groups is 1. The number of phenols is 1. The van der Waals surface area contributed by atoms with Gasteiger partial charge in [-0.15, -0.1) is 0 Å². The second kappa shape index (κ2) is 8.64. The van der Waals surface area contributed by atoms with Crippen molar-refractivity contribution in [2.24, 2.45) is 5.41 Å². The molecule has 3 saturated heterocycles. The first-order valence-electron chi connectivity index (χ1n) is 12.5. The number of nitrogens with zero attached hydrogens (tertiary/aromatic N) is 4. The largest absolute Gasteiger partial charge is 0.507 e. The third-order valence-corrected chi connectivity index (χ3v) is 8.26. The van der Waals surface area contributed by atoms with E-state index in [0.717, 1.165) is 69.8 Å². The molecule has 0 radical (unpaired) electrons. The van der Waals surface area contributed by atoms with Crippen molar-refractivity contribution in [3.05, 3.63) is 72.4 Å². The molecule has 2 N–H and O–H groups in total. The van der Waals surface area contributed by atoms with Crippen molar-refractivity contribution < 1.29 is 9.90 Å². The summed E-state index contributed by atoms with van der Waals surface area (Å²) in [6.45, 7) is 5.29. The number of rotatable bonds is 4. The molecule has 7 nitrogen and oxygen atoms in total. The molecule has 0 saturated carbocycles. The van der Waals surface area contributed by atoms with E-state index in [1.165, 1.54) is 0 Å². The van der Waals surface area contributed by atoms with E-state index < -0.39 is 5.41 Å². The Labute approximate surface area is 205 Å². The van der Waals surface area contributed by atoms with Crippen LogP contribution in [0.5, 0.6) is 5.75 Å². The average molecular weight is 470 g/mol. The third kappa shape index (κ3) is 3.84. The van der Waals surface area contributed by atoms with Crippen LogP contribution in [0, 0.1) is 5.41 Å². The molecule has 3 aliphatic rings. The highest BCUT2D eigenvalue weighted by Gasteiger charge is 2.50. The quantitative estimate of drug-likeness (QED) is 0.611. The van der Waals surface area contributed by atoms with Crippen LogP contribution in [0.4, 0.5) is 5.69 Å². The normalized spacial score (nSPS) is 20.6. The molecule has 2 aromatic carbocycles. The number of carbonyl (C=O) groups is 1. The number of anilines is 1. The lowest BCUT2D eigenvalue weighted by atomic mass is 9.71. The number of aromatic nitrogens is 2. The summed E-state index contributed by atoms with van der Waals surface area (Å²) in [5.74, 6) is 0.478. The van der Waals surface area contributed by atoms with Crippen molar-refractivity contribution in [1.82, 2.24) is 20.4 Å². The number of nitrogens with one attached hydrogen (secondary N) is 1. The number of amides is 1. The fourth-order valence-corrected chi connectivity index (χ4v) is 6.06. The van der Waals surface area contributed by atoms with Gasteiger partial charge in [0.05, 0.1) is 23.0 Å². The van der Waals surface area contributed by atoms with Gasteiger partial charge in [0, 0.05) is 50.2 Å². The Kier molecular flexibility index (Phi) is 5.44. The monoisotopic (exact) mass is 469 g/mol. The van der Waals surface area contributed by atoms with Crippen molar-refractivity contribution in [2.45, 2.75) is 24.7 Å². The van der Waals surface area contributed by atoms with Crippen LogP contribution in [0.1, 0.15) is 24.8 Å². The van der Waals surface area contributed by atoms with E-state index in [0.29, 0.717) is 11.3 Å². The smallest absolute Gasteiger partial charge is 0.233 e. The van der Waals surface area contributed by atoms with E-state index in [1.54, 1.807) is 18.3 Å². The van der Waals surface area contributed by atoms with Crippen molar-refractivity contribution in [2.75, 3.05) is 44.2 Å². The van der Waals surface area contributed by atoms with E-state index >= 15 is 0 Å². The second-order valence-corrected chi connectivity index (χ2v) is 10.3. The van der Waals surface area contributed by atoms with Gasteiger partial charge in [0.15, 0.2) is 0 Å². The Balaban J connectivity index is 1.25. The molecule has 1 aromatic heterocycles. The van der Waals surface area contributed by atoms with Gasteiger partial charge in [-0.3, -0.25) is 4.79 Å². The number of piperidine rings is 1. The zero-order valence-corrected chi connectivity index (χ0v) is 19.9. The summed E-state index contributed by atoms with van der Waals surface area (Å²) < 4.78 is 0. The lowest BCUT2D eigenvalue weighted by Crippen LogP contribution is -2.57. The van der Waals surface area contributed by atoms with Crippen LogP contribution in [0.25, 0.3) is 11.3 Å². The van der Waals surface area contributed by atoms with E-state index in [1.807, 2.05) is 36.4 Å². The fraction of sp³-hybridized carbons (Fsp3) is 0.393. The Morgan fingerprint density at radius 1 is 0.943 bits per heavy atom. The van der Waals surface area contributed by atoms with Gasteiger partial charge in [-0.1, -0.05) is 42.5 Å². The molecule has 0 unspecified atom stereocenters. The Morgan fingerprint density at radius 2 is 1.69 bits per heavy atom. The molecule has 3 aliphatic heterocycles. The number of carbonyl (C=O) groups excluding carboxylic acids is 1. The number of hydrogen-bond acceptors (Lipinski definition) is 6. The van der Waals surface area contributed by atoms with Crippen molar-refractivity contribution >= 4 is 11.6 Å². The number of para-hydroxylation sites is 1. The van der Waals surface area contributed by atoms with Crippen molar-refractivity contribution in [3.63, 3.8) is 0 Å². The maximum absolute atomic E-state index is 14.1. The average Bonchev–Trinajstić information content (AvgIpc) is 3.36. The number of likely N-dealkylation sites (tertiary alicyclic amines) is 1. The minimum Gasteiger partial charge on any atom is -0.507 e. The van der Waals surface area contributed by atoms with Gasteiger partial charge in [-0.2, -0.15) is 10.2 Å². The zero-order chi connectivity index (χ0) is 23.9. The Morgan fingerprint density at radius 3 is 2.37 bits per heavy atom. The van der Waals surface area contributed by atoms with Gasteiger partial charge in [0.25, 0.3) is 0 Å². The molecular formula is C28H31N5O2. The van der Waals surface area contributed by atoms with Gasteiger partial charge < -0.3 is 20.2 Å². The lowest BCUT2D eigenvalue weighted by Gasteiger charge is -2.44. The third-order valence-electron chi connectivity index (χ3n) is 8.26. The molecule has 3 aromatic rings. The van der Waals surface area contributed by atoms with Crippen LogP contribution in [0.3, 0.4) is 0 Å². The minimum absolute atomic E-state index is 0.191. The lowest BCUT2D eigenvalue weighted by molar-refractivity contribution is -0.138. The second-order valence-electron chi connectivity index (χ2n) is 10.3. The highest BCUT2D eigenvalue weighted by atomic mass is 16.3. The standard InChI is InChI=1S/C28H31N5O2/c34-25-9-5-4-8-23(25)24-16-22(17-30-31-24)32-14-11-28(12-15-32,21-6-2-1-3-7-21)26(35)33-13-10-27(20-33)18-29-19-27/h1-9,16-17,29,34H,10-15,18-20H2. The van der Waals surface area contributed by atoms with Gasteiger partial charge in [-0.05, 0) is 43.0 Å². The molecule has 35 heavy (non-hydrogen) atoms. The van der Waals surface area contributed by atoms with Crippen LogP contribution in [-0.4, -0.2) is 65.4 Å². The van der Waals surface area contributed by atoms with Crippen LogP contribution in [-0.2, 0) is 10.2 Å². The Hall–Kier alpha value is -3.45. The predicted octanol–water partition coefficient (Wildman–Crippen LogP) is 3.21. The van der Waals surface area contributed by atoms with Crippen LogP contribution in [0.15, 0.2) is 66.9 Å². The first-order chi connectivity index (χ1) is 17.1. The van der Waals surface area contributed by atoms with E-state index in [2.05, 4.69) is 37.4 Å². The van der Waals surface area contributed by atoms with Crippen LogP contribution < -0.4 is 10.2 Å². The topological polar surface area (TPSA) is 81.6 Å². The van der Waals surface area contributed by atoms with E-state index in [-0.39, 0.29) is 17.1 Å². The Bertz CT molecular complexity index is 1220. The first-order valence-corrected chi connectivity index (χ1v) is 12.5. The zero-order valence-electron chi connectivity index (χ0n) is 19.9. The van der Waals surface area contributed by atoms with Crippen LogP contribution in [0.2, 0.25) is 0 Å². The summed E-state index contributed by atoms with van der Waals surface area (Å²) in [6, 6.07) is 19.5. The van der Waals surface area contributed by atoms with E-state index in [9.17, 15) is 9.90 Å². The molecule has 6 rings (SSSR count). The summed E-state index contributed by atoms with van der Waals surface area (Å²) in [5, 5.41) is 22.1. The number of benzene rings is 2. The molecule has 4 heterocycles. The van der Waals surface area contributed by atoms with Gasteiger partial charge in [0.1, 0.15) is 5.75 Å². The predicted molar refractivity (Wildman–Crippen MR) is 135 cm³/mol. The van der Waals surface area contributed by atoms with Gasteiger partial charge in [0.2, 0.25) is 5.91 Å². The molecule has 0 atom stereocenters. The molecular weight excluding hydrogens is 438 g/mol. The van der Waals surface area contributed by atoms with Crippen molar-refractivity contribution in [1.29, 1.82) is 0 Å². The minimum atomic E-state index is -0.499. The molecule has 180 valence electrons. The fourth-order valence-electron chi connectivity index (χ4n) is 6.06. The van der Waals surface area contributed by atoms with E-state index in [4.69, 9.17) is 0 Å². The van der Waals surface area contributed by atoms with Crippen LogP contribution >= 0.6 is 0 Å². The number of hydrogen-bond donors (Lipinski definition) is 2. The molecule has 0 aliphatic carbocycles. The molecule has 0 bridgehead atoms. The van der Waals surface area contributed by atoms with Gasteiger partial charge in [-0.25, -0.2) is 0 Å². The molecule has 3 fully saturated rings. The summed E-state index contributed by atoms with van der Waals surface area (Å²) in [4.78, 5) is 18.5. The highest BCUT2D eigenvalue weighted by molar-refractivity contribution is 5.89. The van der Waals surface area contributed by atoms with Gasteiger partial charge >= 0.3 is 0 Å². The molecule has 7 heteroatoms. The SMILES string of the molecule is O=C(N1CCC2(CNC2)C1)C1(c2ccccc2)CCN(c2cnnc(-c3ccccc3O)c2)CC1. The summed E-state index contributed by atoms with van der Waals surface area (Å²) in [6.07, 6.45) is 4.38. The molecule has 1 spiro atoms. The maximum Gasteiger partial charge on any atom is 0.233 e. The maximum atomic E-state index is 14.1. The first kappa shape index (κ1) is 22.0. The molecule has 1 amide bonds. The number of phenolic OH excluding ortho intramolecular Hbond substituents is 1. The highest BCUT2D eigenvalue weighted by Crippen LogP contribution is 2.42. The van der Waals surface area contributed by atoms with Crippen molar-refractivity contribution in [3.8, 4) is 17.0 Å². The summed E-state index contributed by atoms with van der Waals surface area (Å²) >= 11 is 0. The summed E-state index contributed by atoms with van der Waals surface area (Å²) in [5.41, 5.74) is 3.19.